The third-order valence-electron chi connectivity index (χ3n) is 5.02. The molecule has 0 spiro atoms. The maximum atomic E-state index is 12.7. The van der Waals surface area contributed by atoms with E-state index in [2.05, 4.69) is 15.6 Å². The van der Waals surface area contributed by atoms with Crippen LogP contribution in [0.3, 0.4) is 0 Å². The second-order valence-corrected chi connectivity index (χ2v) is 8.66. The van der Waals surface area contributed by atoms with Crippen molar-refractivity contribution in [3.63, 3.8) is 0 Å². The fourth-order valence-corrected chi connectivity index (χ4v) is 3.14. The average Bonchev–Trinajstić information content (AvgIpc) is 3.30. The molecule has 2 amide bonds. The Morgan fingerprint density at radius 2 is 1.93 bits per heavy atom. The number of nitrogens with zero attached hydrogens (tertiary/aromatic N) is 4. The third kappa shape index (κ3) is 4.26. The van der Waals surface area contributed by atoms with Crippen LogP contribution in [0.2, 0.25) is 0 Å². The molecule has 8 nitrogen and oxygen atoms in total. The zero-order chi connectivity index (χ0) is 20.5. The normalized spacial score (nSPS) is 15.9. The van der Waals surface area contributed by atoms with Gasteiger partial charge in [0, 0.05) is 30.6 Å². The van der Waals surface area contributed by atoms with E-state index in [1.54, 1.807) is 17.2 Å². The fraction of sp³-hybridized carbons (Fsp3) is 0.600. The molecule has 8 heteroatoms. The molecule has 3 heterocycles. The summed E-state index contributed by atoms with van der Waals surface area (Å²) in [4.78, 5) is 26.7. The van der Waals surface area contributed by atoms with Crippen molar-refractivity contribution in [2.45, 2.75) is 59.4 Å². The molecule has 1 fully saturated rings. The monoisotopic (exact) mass is 387 g/mol. The zero-order valence-electron chi connectivity index (χ0n) is 17.2. The molecule has 1 aliphatic heterocycles. The molecule has 0 saturated carbocycles. The second-order valence-electron chi connectivity index (χ2n) is 8.66. The maximum absolute atomic E-state index is 12.7. The molecule has 0 atom stereocenters. The van der Waals surface area contributed by atoms with Gasteiger partial charge < -0.3 is 14.7 Å². The lowest BCUT2D eigenvalue weighted by molar-refractivity contribution is -0.123. The highest BCUT2D eigenvalue weighted by Gasteiger charge is 2.29. The molecule has 152 valence electrons. The fourth-order valence-electron chi connectivity index (χ4n) is 3.14. The van der Waals surface area contributed by atoms with E-state index in [-0.39, 0.29) is 23.8 Å². The predicted octanol–water partition coefficient (Wildman–Crippen LogP) is 3.46. The van der Waals surface area contributed by atoms with Gasteiger partial charge in [0.1, 0.15) is 5.82 Å². The quantitative estimate of drug-likeness (QED) is 0.867. The minimum atomic E-state index is -0.475. The van der Waals surface area contributed by atoms with Gasteiger partial charge in [-0.15, -0.1) is 0 Å². The summed E-state index contributed by atoms with van der Waals surface area (Å²) in [6.45, 7) is 10.9. The molecule has 28 heavy (non-hydrogen) atoms. The predicted molar refractivity (Wildman–Crippen MR) is 105 cm³/mol. The molecular formula is C20H29N5O3. The van der Waals surface area contributed by atoms with Crippen LogP contribution in [0.25, 0.3) is 0 Å². The highest BCUT2D eigenvalue weighted by Crippen LogP contribution is 2.27. The number of carbonyl (C=O) groups is 2. The Balaban J connectivity index is 1.62. The van der Waals surface area contributed by atoms with Crippen molar-refractivity contribution in [1.29, 1.82) is 0 Å². The van der Waals surface area contributed by atoms with Crippen molar-refractivity contribution in [3.8, 4) is 0 Å². The van der Waals surface area contributed by atoms with Crippen molar-refractivity contribution < 1.29 is 14.1 Å². The first-order valence-electron chi connectivity index (χ1n) is 9.77. The van der Waals surface area contributed by atoms with Gasteiger partial charge in [-0.2, -0.15) is 5.10 Å². The van der Waals surface area contributed by atoms with Crippen LogP contribution in [0.15, 0.2) is 22.9 Å². The first-order chi connectivity index (χ1) is 13.2. The molecule has 0 aliphatic carbocycles. The number of anilines is 1. The van der Waals surface area contributed by atoms with Gasteiger partial charge in [0.2, 0.25) is 11.7 Å². The molecule has 1 aliphatic rings. The largest absolute Gasteiger partial charge is 0.351 e. The topological polar surface area (TPSA) is 93.3 Å². The molecule has 0 unspecified atom stereocenters. The summed E-state index contributed by atoms with van der Waals surface area (Å²) in [6.07, 6.45) is 3.21. The Kier molecular flexibility index (Phi) is 5.58. The van der Waals surface area contributed by atoms with E-state index in [1.807, 2.05) is 45.4 Å². The van der Waals surface area contributed by atoms with Gasteiger partial charge in [0.25, 0.3) is 5.91 Å². The molecule has 1 N–H and O–H groups in total. The highest BCUT2D eigenvalue weighted by atomic mass is 16.5. The second kappa shape index (κ2) is 7.77. The van der Waals surface area contributed by atoms with Gasteiger partial charge in [-0.05, 0) is 18.8 Å². The van der Waals surface area contributed by atoms with Crippen molar-refractivity contribution >= 4 is 17.6 Å². The summed E-state index contributed by atoms with van der Waals surface area (Å²) in [7, 11) is 0. The van der Waals surface area contributed by atoms with Crippen LogP contribution in [0.5, 0.6) is 0 Å². The Bertz CT molecular complexity index is 838. The van der Waals surface area contributed by atoms with E-state index in [0.717, 1.165) is 18.5 Å². The third-order valence-corrected chi connectivity index (χ3v) is 5.02. The number of hydrogen-bond donors (Lipinski definition) is 1. The maximum Gasteiger partial charge on any atom is 0.292 e. The van der Waals surface area contributed by atoms with Gasteiger partial charge >= 0.3 is 0 Å². The minimum Gasteiger partial charge on any atom is -0.351 e. The van der Waals surface area contributed by atoms with E-state index >= 15 is 0 Å². The smallest absolute Gasteiger partial charge is 0.292 e. The number of likely N-dealkylation sites (tertiary alicyclic amines) is 1. The minimum absolute atomic E-state index is 0.0480. The molecule has 2 aromatic heterocycles. The van der Waals surface area contributed by atoms with Crippen LogP contribution >= 0.6 is 0 Å². The van der Waals surface area contributed by atoms with Crippen molar-refractivity contribution in [2.75, 3.05) is 18.4 Å². The molecule has 0 aromatic carbocycles. The lowest BCUT2D eigenvalue weighted by Gasteiger charge is -2.32. The van der Waals surface area contributed by atoms with Gasteiger partial charge in [-0.1, -0.05) is 39.8 Å². The summed E-state index contributed by atoms with van der Waals surface area (Å²) in [5, 5.41) is 11.3. The summed E-state index contributed by atoms with van der Waals surface area (Å²) < 4.78 is 7.09. The number of aromatic nitrogens is 3. The van der Waals surface area contributed by atoms with Crippen molar-refractivity contribution in [1.82, 2.24) is 19.8 Å². The Morgan fingerprint density at radius 3 is 2.50 bits per heavy atom. The summed E-state index contributed by atoms with van der Waals surface area (Å²) in [5.74, 6) is 1.03. The lowest BCUT2D eigenvalue weighted by Crippen LogP contribution is -2.39. The van der Waals surface area contributed by atoms with Gasteiger partial charge in [-0.3, -0.25) is 9.59 Å². The van der Waals surface area contributed by atoms with Crippen LogP contribution < -0.4 is 5.32 Å². The highest BCUT2D eigenvalue weighted by molar-refractivity contribution is 5.93. The van der Waals surface area contributed by atoms with E-state index in [9.17, 15) is 9.59 Å². The zero-order valence-corrected chi connectivity index (χ0v) is 17.2. The lowest BCUT2D eigenvalue weighted by atomic mass is 9.96. The number of hydrogen-bond acceptors (Lipinski definition) is 5. The van der Waals surface area contributed by atoms with Crippen LogP contribution in [-0.4, -0.2) is 44.7 Å². The van der Waals surface area contributed by atoms with Crippen LogP contribution in [-0.2, 0) is 4.79 Å². The Morgan fingerprint density at radius 1 is 1.25 bits per heavy atom. The molecule has 2 aromatic rings. The van der Waals surface area contributed by atoms with Crippen molar-refractivity contribution in [3.05, 3.63) is 29.8 Å². The molecular weight excluding hydrogens is 358 g/mol. The summed E-state index contributed by atoms with van der Waals surface area (Å²) in [6, 6.07) is 3.67. The summed E-state index contributed by atoms with van der Waals surface area (Å²) in [5.41, 5.74) is 0.311. The molecule has 0 bridgehead atoms. The Hall–Kier alpha value is -2.64. The molecule has 1 saturated heterocycles. The first kappa shape index (κ1) is 20.1. The summed E-state index contributed by atoms with van der Waals surface area (Å²) >= 11 is 0. The SMILES string of the molecule is CC(C)c1cc(C(=O)N2CCC(n3nccc3NC(=O)C(C)(C)C)CC2)on1. The van der Waals surface area contributed by atoms with E-state index in [1.165, 1.54) is 0 Å². The van der Waals surface area contributed by atoms with Gasteiger partial charge in [0.05, 0.1) is 17.9 Å². The Labute approximate surface area is 165 Å². The van der Waals surface area contributed by atoms with E-state index < -0.39 is 5.41 Å². The number of carbonyl (C=O) groups excluding carboxylic acids is 2. The molecule has 3 rings (SSSR count). The first-order valence-corrected chi connectivity index (χ1v) is 9.77. The standard InChI is InChI=1S/C20H29N5O3/c1-13(2)15-12-16(28-23-15)18(26)24-10-7-14(8-11-24)25-17(6-9-21-25)22-19(27)20(3,4)5/h6,9,12-14H,7-8,10-11H2,1-5H3,(H,22,27). The number of piperidine rings is 1. The van der Waals surface area contributed by atoms with Crippen LogP contribution in [0.1, 0.15) is 75.7 Å². The van der Waals surface area contributed by atoms with Crippen molar-refractivity contribution in [2.24, 2.45) is 5.41 Å². The van der Waals surface area contributed by atoms with Gasteiger partial charge in [0.15, 0.2) is 0 Å². The van der Waals surface area contributed by atoms with Crippen LogP contribution in [0.4, 0.5) is 5.82 Å². The van der Waals surface area contributed by atoms with Crippen LogP contribution in [0, 0.1) is 5.41 Å². The molecule has 0 radical (unpaired) electrons. The number of nitrogens with one attached hydrogen (secondary N) is 1. The number of rotatable bonds is 4. The van der Waals surface area contributed by atoms with Gasteiger partial charge in [-0.25, -0.2) is 4.68 Å². The average molecular weight is 387 g/mol. The van der Waals surface area contributed by atoms with E-state index in [0.29, 0.717) is 24.7 Å². The number of amides is 2. The van der Waals surface area contributed by atoms with E-state index in [4.69, 9.17) is 4.52 Å².